The molecule has 0 fully saturated rings. The molecule has 18 heavy (non-hydrogen) atoms. The average molecular weight is 261 g/mol. The van der Waals surface area contributed by atoms with Gasteiger partial charge in [0.05, 0.1) is 11.6 Å². The van der Waals surface area contributed by atoms with Gasteiger partial charge < -0.3 is 10.3 Å². The second-order valence-electron chi connectivity index (χ2n) is 3.51. The van der Waals surface area contributed by atoms with Gasteiger partial charge in [0.15, 0.2) is 10.8 Å². The number of nitrogens with one attached hydrogen (secondary N) is 3. The number of imidazole rings is 1. The summed E-state index contributed by atoms with van der Waals surface area (Å²) in [6.45, 7) is 2.77. The van der Waals surface area contributed by atoms with Crippen LogP contribution in [0.3, 0.4) is 0 Å². The highest BCUT2D eigenvalue weighted by Gasteiger charge is 2.11. The number of fused-ring (bicyclic) bond motifs is 1. The van der Waals surface area contributed by atoms with Gasteiger partial charge in [-0.25, -0.2) is 9.97 Å². The fourth-order valence-corrected chi connectivity index (χ4v) is 2.34. The minimum Gasteiger partial charge on any atom is -0.354 e. The Morgan fingerprint density at radius 1 is 1.39 bits per heavy atom. The van der Waals surface area contributed by atoms with Crippen LogP contribution in [0.25, 0.3) is 11.0 Å². The van der Waals surface area contributed by atoms with Crippen LogP contribution in [0.2, 0.25) is 0 Å². The van der Waals surface area contributed by atoms with E-state index in [1.807, 2.05) is 6.92 Å². The van der Waals surface area contributed by atoms with Gasteiger partial charge in [-0.15, -0.1) is 0 Å². The molecular formula is C10H11N7S. The summed E-state index contributed by atoms with van der Waals surface area (Å²) in [6.07, 6.45) is 5.21. The minimum atomic E-state index is 0.586. The van der Waals surface area contributed by atoms with E-state index in [1.165, 1.54) is 11.8 Å². The molecule has 0 spiro atoms. The van der Waals surface area contributed by atoms with Crippen molar-refractivity contribution < 1.29 is 0 Å². The highest BCUT2D eigenvalue weighted by atomic mass is 32.2. The highest BCUT2D eigenvalue weighted by molar-refractivity contribution is 7.99. The Hall–Kier alpha value is -2.09. The lowest BCUT2D eigenvalue weighted by atomic mass is 10.4. The lowest BCUT2D eigenvalue weighted by Gasteiger charge is -2.04. The molecule has 8 heteroatoms. The number of hydrogen-bond donors (Lipinski definition) is 3. The Labute approximate surface area is 107 Å². The maximum atomic E-state index is 4.46. The third-order valence-corrected chi connectivity index (χ3v) is 3.20. The van der Waals surface area contributed by atoms with Crippen LogP contribution >= 0.6 is 11.8 Å². The van der Waals surface area contributed by atoms with Gasteiger partial charge in [0.2, 0.25) is 5.95 Å². The van der Waals surface area contributed by atoms with E-state index in [2.05, 4.69) is 35.5 Å². The van der Waals surface area contributed by atoms with Gasteiger partial charge in [0.1, 0.15) is 5.03 Å². The zero-order chi connectivity index (χ0) is 12.4. The number of H-pyrrole nitrogens is 2. The molecule has 0 aliphatic rings. The monoisotopic (exact) mass is 261 g/mol. The quantitative estimate of drug-likeness (QED) is 0.618. The molecule has 0 aromatic carbocycles. The summed E-state index contributed by atoms with van der Waals surface area (Å²) in [7, 11) is 0. The lowest BCUT2D eigenvalue weighted by molar-refractivity contribution is 1.02. The molecule has 0 unspecified atom stereocenters. The molecule has 0 amide bonds. The minimum absolute atomic E-state index is 0.586. The third kappa shape index (κ3) is 2.02. The molecule has 0 aliphatic carbocycles. The number of hydrogen-bond acceptors (Lipinski definition) is 6. The van der Waals surface area contributed by atoms with Crippen LogP contribution in [-0.2, 0) is 0 Å². The van der Waals surface area contributed by atoms with Gasteiger partial charge in [-0.3, -0.25) is 5.10 Å². The number of anilines is 1. The van der Waals surface area contributed by atoms with Gasteiger partial charge in [-0.05, 0) is 18.7 Å². The predicted octanol–water partition coefficient (Wildman–Crippen LogP) is 1.66. The number of aromatic amines is 2. The Morgan fingerprint density at radius 2 is 2.33 bits per heavy atom. The Morgan fingerprint density at radius 3 is 3.11 bits per heavy atom. The summed E-state index contributed by atoms with van der Waals surface area (Å²) in [5.41, 5.74) is 0.718. The summed E-state index contributed by atoms with van der Waals surface area (Å²) in [4.78, 5) is 16.0. The van der Waals surface area contributed by atoms with E-state index in [9.17, 15) is 0 Å². The van der Waals surface area contributed by atoms with E-state index >= 15 is 0 Å². The topological polar surface area (TPSA) is 95.2 Å². The van der Waals surface area contributed by atoms with E-state index in [4.69, 9.17) is 0 Å². The van der Waals surface area contributed by atoms with Crippen LogP contribution in [0.15, 0.2) is 28.8 Å². The average Bonchev–Trinajstić information content (AvgIpc) is 2.99. The van der Waals surface area contributed by atoms with Crippen molar-refractivity contribution in [3.8, 4) is 0 Å². The Balaban J connectivity index is 2.04. The smallest absolute Gasteiger partial charge is 0.225 e. The van der Waals surface area contributed by atoms with Crippen molar-refractivity contribution in [3.63, 3.8) is 0 Å². The lowest BCUT2D eigenvalue weighted by Crippen LogP contribution is -2.03. The molecule has 3 N–H and O–H groups in total. The van der Waals surface area contributed by atoms with Crippen LogP contribution in [0.4, 0.5) is 5.95 Å². The van der Waals surface area contributed by atoms with Crippen LogP contribution < -0.4 is 5.32 Å². The summed E-state index contributed by atoms with van der Waals surface area (Å²) in [6, 6.07) is 0. The standard InChI is InChI=1S/C10H11N7S/c1-2-11-9-15-7-6(5-14-17-7)8(16-9)18-10-12-3-4-13-10/h3-5H,2H2,1H3,(H,12,13)(H2,11,14,15,16,17). The maximum absolute atomic E-state index is 4.46. The Bertz CT molecular complexity index is 645. The van der Waals surface area contributed by atoms with Crippen LogP contribution in [0.1, 0.15) is 6.92 Å². The fraction of sp³-hybridized carbons (Fsp3) is 0.200. The second kappa shape index (κ2) is 4.65. The number of rotatable bonds is 4. The van der Waals surface area contributed by atoms with Gasteiger partial charge in [-0.2, -0.15) is 10.1 Å². The van der Waals surface area contributed by atoms with E-state index in [0.717, 1.165) is 27.8 Å². The highest BCUT2D eigenvalue weighted by Crippen LogP contribution is 2.29. The first-order valence-electron chi connectivity index (χ1n) is 5.49. The number of nitrogens with zero attached hydrogens (tertiary/aromatic N) is 4. The third-order valence-electron chi connectivity index (χ3n) is 2.28. The summed E-state index contributed by atoms with van der Waals surface area (Å²) < 4.78 is 0. The molecule has 3 aromatic rings. The molecule has 0 saturated carbocycles. The van der Waals surface area contributed by atoms with Gasteiger partial charge in [0.25, 0.3) is 0 Å². The van der Waals surface area contributed by atoms with Crippen LogP contribution in [-0.4, -0.2) is 36.7 Å². The maximum Gasteiger partial charge on any atom is 0.225 e. The van der Waals surface area contributed by atoms with Crippen molar-refractivity contribution in [3.05, 3.63) is 18.6 Å². The van der Waals surface area contributed by atoms with E-state index in [1.54, 1.807) is 18.6 Å². The molecule has 0 aliphatic heterocycles. The molecule has 92 valence electrons. The van der Waals surface area contributed by atoms with Crippen molar-refractivity contribution in [1.82, 2.24) is 30.1 Å². The van der Waals surface area contributed by atoms with E-state index in [-0.39, 0.29) is 0 Å². The van der Waals surface area contributed by atoms with Crippen molar-refractivity contribution in [1.29, 1.82) is 0 Å². The van der Waals surface area contributed by atoms with Crippen molar-refractivity contribution in [2.75, 3.05) is 11.9 Å². The van der Waals surface area contributed by atoms with Crippen molar-refractivity contribution >= 4 is 28.7 Å². The molecule has 3 rings (SSSR count). The first-order valence-corrected chi connectivity index (χ1v) is 6.30. The SMILES string of the molecule is CCNc1nc(Sc2ncc[nH]2)c2cn[nH]c2n1. The van der Waals surface area contributed by atoms with E-state index < -0.39 is 0 Å². The van der Waals surface area contributed by atoms with Crippen LogP contribution in [0, 0.1) is 0 Å². The summed E-state index contributed by atoms with van der Waals surface area (Å²) >= 11 is 1.45. The van der Waals surface area contributed by atoms with Crippen LogP contribution in [0.5, 0.6) is 0 Å². The molecule has 0 bridgehead atoms. The molecule has 0 radical (unpaired) electrons. The molecule has 3 heterocycles. The Kier molecular flexibility index (Phi) is 2.85. The molecule has 0 atom stereocenters. The van der Waals surface area contributed by atoms with Gasteiger partial charge in [-0.1, -0.05) is 0 Å². The molecule has 3 aromatic heterocycles. The molecule has 0 saturated heterocycles. The zero-order valence-electron chi connectivity index (χ0n) is 9.64. The predicted molar refractivity (Wildman–Crippen MR) is 68.6 cm³/mol. The van der Waals surface area contributed by atoms with Gasteiger partial charge in [0, 0.05) is 18.9 Å². The van der Waals surface area contributed by atoms with E-state index in [0.29, 0.717) is 5.95 Å². The zero-order valence-corrected chi connectivity index (χ0v) is 10.5. The van der Waals surface area contributed by atoms with Crippen molar-refractivity contribution in [2.24, 2.45) is 0 Å². The summed E-state index contributed by atoms with van der Waals surface area (Å²) in [5.74, 6) is 0.586. The second-order valence-corrected chi connectivity index (χ2v) is 4.49. The van der Waals surface area contributed by atoms with Crippen molar-refractivity contribution in [2.45, 2.75) is 17.1 Å². The first-order chi connectivity index (χ1) is 8.86. The normalized spacial score (nSPS) is 10.9. The largest absolute Gasteiger partial charge is 0.354 e. The molecular weight excluding hydrogens is 250 g/mol. The summed E-state index contributed by atoms with van der Waals surface area (Å²) in [5, 5.41) is 12.4. The fourth-order valence-electron chi connectivity index (χ4n) is 1.52. The first kappa shape index (κ1) is 11.0. The van der Waals surface area contributed by atoms with Gasteiger partial charge >= 0.3 is 0 Å². The molecule has 7 nitrogen and oxygen atoms in total. The number of aromatic nitrogens is 6.